The highest BCUT2D eigenvalue weighted by Crippen LogP contribution is 2.42. The summed E-state index contributed by atoms with van der Waals surface area (Å²) in [5.74, 6) is 0.560. The monoisotopic (exact) mass is 395 g/mol. The van der Waals surface area contributed by atoms with Gasteiger partial charge in [-0.15, -0.1) is 0 Å². The molecule has 8 heteroatoms. The number of piperidine rings is 1. The van der Waals surface area contributed by atoms with E-state index in [9.17, 15) is 14.4 Å². The predicted octanol–water partition coefficient (Wildman–Crippen LogP) is 1.39. The number of pyridine rings is 1. The van der Waals surface area contributed by atoms with E-state index < -0.39 is 0 Å². The summed E-state index contributed by atoms with van der Waals surface area (Å²) in [4.78, 5) is 39.1. The topological polar surface area (TPSA) is 100 Å². The van der Waals surface area contributed by atoms with Crippen molar-refractivity contribution in [3.8, 4) is 0 Å². The standard InChI is InChI=1S/C21H25N5O3/c1-12(27)22-9-19-15-7-14(18-3-2-4-20(28)26(18)19)10-25(11-15)21(29)17-8-16(23-24-17)13-5-6-13/h2-4,8,13-15,19H,5-7,9-11H2,1H3,(H,22,27)(H,23,24)/t14-,15+,19+/m1/s1. The van der Waals surface area contributed by atoms with E-state index in [2.05, 4.69) is 15.5 Å². The zero-order chi connectivity index (χ0) is 20.1. The van der Waals surface area contributed by atoms with E-state index in [0.29, 0.717) is 31.2 Å². The second kappa shape index (κ2) is 6.86. The number of amides is 2. The molecule has 1 saturated carbocycles. The van der Waals surface area contributed by atoms with Crippen molar-refractivity contribution in [1.29, 1.82) is 0 Å². The number of hydrogen-bond donors (Lipinski definition) is 2. The molecule has 2 aromatic heterocycles. The number of nitrogens with one attached hydrogen (secondary N) is 2. The average Bonchev–Trinajstić information content (AvgIpc) is 3.44. The molecule has 1 aliphatic carbocycles. The lowest BCUT2D eigenvalue weighted by molar-refractivity contribution is -0.119. The molecule has 4 heterocycles. The van der Waals surface area contributed by atoms with Crippen LogP contribution in [0.1, 0.15) is 65.9 Å². The summed E-state index contributed by atoms with van der Waals surface area (Å²) >= 11 is 0. The van der Waals surface area contributed by atoms with Crippen LogP contribution in [0, 0.1) is 5.92 Å². The summed E-state index contributed by atoms with van der Waals surface area (Å²) < 4.78 is 1.83. The fourth-order valence-electron chi connectivity index (χ4n) is 4.93. The highest BCUT2D eigenvalue weighted by molar-refractivity contribution is 5.92. The Kier molecular flexibility index (Phi) is 4.29. The normalized spacial score (nSPS) is 25.4. The Morgan fingerprint density at radius 2 is 2.07 bits per heavy atom. The van der Waals surface area contributed by atoms with Crippen LogP contribution in [0.15, 0.2) is 29.1 Å². The molecular weight excluding hydrogens is 370 g/mol. The summed E-state index contributed by atoms with van der Waals surface area (Å²) in [6, 6.07) is 7.04. The van der Waals surface area contributed by atoms with E-state index >= 15 is 0 Å². The fraction of sp³-hybridized carbons (Fsp3) is 0.524. The van der Waals surface area contributed by atoms with Crippen molar-refractivity contribution in [2.45, 2.75) is 44.1 Å². The molecule has 2 bridgehead atoms. The first-order chi connectivity index (χ1) is 14.0. The summed E-state index contributed by atoms with van der Waals surface area (Å²) in [5, 5.41) is 10.1. The minimum Gasteiger partial charge on any atom is -0.354 e. The molecule has 5 rings (SSSR count). The molecule has 2 fully saturated rings. The molecule has 2 N–H and O–H groups in total. The summed E-state index contributed by atoms with van der Waals surface area (Å²) in [6.07, 6.45) is 3.21. The Hall–Kier alpha value is -2.90. The van der Waals surface area contributed by atoms with Gasteiger partial charge in [0, 0.05) is 55.8 Å². The number of aromatic amines is 1. The first kappa shape index (κ1) is 18.1. The third-order valence-electron chi connectivity index (χ3n) is 6.48. The lowest BCUT2D eigenvalue weighted by Gasteiger charge is -2.46. The first-order valence-corrected chi connectivity index (χ1v) is 10.3. The maximum absolute atomic E-state index is 13.1. The van der Waals surface area contributed by atoms with Gasteiger partial charge in [0.15, 0.2) is 0 Å². The van der Waals surface area contributed by atoms with Crippen molar-refractivity contribution in [2.24, 2.45) is 5.92 Å². The molecule has 29 heavy (non-hydrogen) atoms. The van der Waals surface area contributed by atoms with Crippen molar-refractivity contribution in [2.75, 3.05) is 19.6 Å². The molecule has 0 spiro atoms. The van der Waals surface area contributed by atoms with Crippen LogP contribution in [-0.4, -0.2) is 51.1 Å². The van der Waals surface area contributed by atoms with E-state index in [1.807, 2.05) is 21.6 Å². The smallest absolute Gasteiger partial charge is 0.274 e. The number of likely N-dealkylation sites (tertiary alicyclic amines) is 1. The Labute approximate surface area is 168 Å². The van der Waals surface area contributed by atoms with Gasteiger partial charge in [-0.25, -0.2) is 0 Å². The quantitative estimate of drug-likeness (QED) is 0.817. The molecule has 3 atom stereocenters. The number of carbonyl (C=O) groups excluding carboxylic acids is 2. The van der Waals surface area contributed by atoms with Gasteiger partial charge in [0.05, 0.1) is 6.04 Å². The zero-order valence-electron chi connectivity index (χ0n) is 16.4. The fourth-order valence-corrected chi connectivity index (χ4v) is 4.93. The highest BCUT2D eigenvalue weighted by Gasteiger charge is 2.42. The van der Waals surface area contributed by atoms with Crippen LogP contribution in [0.3, 0.4) is 0 Å². The Morgan fingerprint density at radius 3 is 2.83 bits per heavy atom. The van der Waals surface area contributed by atoms with Gasteiger partial charge in [-0.3, -0.25) is 19.5 Å². The third kappa shape index (κ3) is 3.26. The Bertz CT molecular complexity index is 1020. The molecule has 152 valence electrons. The van der Waals surface area contributed by atoms with E-state index in [1.54, 1.807) is 12.1 Å². The molecule has 2 aliphatic heterocycles. The van der Waals surface area contributed by atoms with Crippen molar-refractivity contribution in [3.05, 3.63) is 51.7 Å². The predicted molar refractivity (Wildman–Crippen MR) is 106 cm³/mol. The van der Waals surface area contributed by atoms with Gasteiger partial charge in [-0.05, 0) is 37.3 Å². The molecule has 0 radical (unpaired) electrons. The van der Waals surface area contributed by atoms with Gasteiger partial charge < -0.3 is 14.8 Å². The van der Waals surface area contributed by atoms with Crippen LogP contribution < -0.4 is 10.9 Å². The van der Waals surface area contributed by atoms with Crippen molar-refractivity contribution in [3.63, 3.8) is 0 Å². The summed E-state index contributed by atoms with van der Waals surface area (Å²) in [6.45, 7) is 3.01. The Morgan fingerprint density at radius 1 is 1.24 bits per heavy atom. The second-order valence-corrected chi connectivity index (χ2v) is 8.55. The minimum absolute atomic E-state index is 0.0475. The lowest BCUT2D eigenvalue weighted by atomic mass is 9.78. The molecule has 2 amide bonds. The van der Waals surface area contributed by atoms with Gasteiger partial charge in [0.1, 0.15) is 5.69 Å². The van der Waals surface area contributed by atoms with Gasteiger partial charge in [-0.1, -0.05) is 6.07 Å². The summed E-state index contributed by atoms with van der Waals surface area (Å²) in [7, 11) is 0. The van der Waals surface area contributed by atoms with Crippen LogP contribution in [0.5, 0.6) is 0 Å². The first-order valence-electron chi connectivity index (χ1n) is 10.3. The number of H-pyrrole nitrogens is 1. The number of carbonyl (C=O) groups is 2. The molecule has 0 aromatic carbocycles. The van der Waals surface area contributed by atoms with Gasteiger partial charge >= 0.3 is 0 Å². The summed E-state index contributed by atoms with van der Waals surface area (Å²) in [5.41, 5.74) is 2.41. The zero-order valence-corrected chi connectivity index (χ0v) is 16.4. The maximum atomic E-state index is 13.1. The highest BCUT2D eigenvalue weighted by atomic mass is 16.2. The van der Waals surface area contributed by atoms with Crippen LogP contribution in [0.2, 0.25) is 0 Å². The van der Waals surface area contributed by atoms with Gasteiger partial charge in [0.25, 0.3) is 11.5 Å². The molecule has 3 aliphatic rings. The number of rotatable bonds is 4. The van der Waals surface area contributed by atoms with Crippen LogP contribution >= 0.6 is 0 Å². The number of hydrogen-bond acceptors (Lipinski definition) is 4. The van der Waals surface area contributed by atoms with Crippen molar-refractivity contribution < 1.29 is 9.59 Å². The van der Waals surface area contributed by atoms with E-state index in [0.717, 1.165) is 30.7 Å². The largest absolute Gasteiger partial charge is 0.354 e. The molecule has 8 nitrogen and oxygen atoms in total. The molecule has 2 aromatic rings. The van der Waals surface area contributed by atoms with Crippen molar-refractivity contribution >= 4 is 11.8 Å². The van der Waals surface area contributed by atoms with E-state index in [4.69, 9.17) is 0 Å². The molecule has 1 saturated heterocycles. The van der Waals surface area contributed by atoms with Crippen LogP contribution in [0.25, 0.3) is 0 Å². The third-order valence-corrected chi connectivity index (χ3v) is 6.48. The van der Waals surface area contributed by atoms with E-state index in [1.165, 1.54) is 6.92 Å². The minimum atomic E-state index is -0.157. The number of aromatic nitrogens is 3. The maximum Gasteiger partial charge on any atom is 0.274 e. The second-order valence-electron chi connectivity index (χ2n) is 8.55. The average molecular weight is 395 g/mol. The molecular formula is C21H25N5O3. The van der Waals surface area contributed by atoms with Crippen LogP contribution in [0.4, 0.5) is 0 Å². The van der Waals surface area contributed by atoms with E-state index in [-0.39, 0.29) is 35.3 Å². The SMILES string of the molecule is CC(=O)NC[C@H]1[C@H]2C[C@H](CN(C(=O)c3cc(C4CC4)[nH]n3)C2)c2cccc(=O)n21. The lowest BCUT2D eigenvalue weighted by Crippen LogP contribution is -2.53. The van der Waals surface area contributed by atoms with Gasteiger partial charge in [0.2, 0.25) is 5.91 Å². The Balaban J connectivity index is 1.44. The molecule has 0 unspecified atom stereocenters. The van der Waals surface area contributed by atoms with Crippen molar-refractivity contribution in [1.82, 2.24) is 25.0 Å². The number of fused-ring (bicyclic) bond motifs is 4. The van der Waals surface area contributed by atoms with Gasteiger partial charge in [-0.2, -0.15) is 5.10 Å². The van der Waals surface area contributed by atoms with Crippen LogP contribution in [-0.2, 0) is 4.79 Å². The number of nitrogens with zero attached hydrogens (tertiary/aromatic N) is 3.